The first kappa shape index (κ1) is 14.3. The van der Waals surface area contributed by atoms with E-state index in [0.29, 0.717) is 16.4 Å². The molecule has 2 rings (SSSR count). The summed E-state index contributed by atoms with van der Waals surface area (Å²) in [6.07, 6.45) is 2.90. The van der Waals surface area contributed by atoms with E-state index >= 15 is 0 Å². The van der Waals surface area contributed by atoms with Crippen molar-refractivity contribution in [3.05, 3.63) is 10.6 Å². The molecule has 5 nitrogen and oxygen atoms in total. The van der Waals surface area contributed by atoms with Gasteiger partial charge in [0.25, 0.3) is 5.91 Å². The summed E-state index contributed by atoms with van der Waals surface area (Å²) in [5, 5.41) is 4.06. The highest BCUT2D eigenvalue weighted by Gasteiger charge is 2.32. The second-order valence-corrected chi connectivity index (χ2v) is 6.28. The molecule has 0 bridgehead atoms. The van der Waals surface area contributed by atoms with Gasteiger partial charge < -0.3 is 10.6 Å². The highest BCUT2D eigenvalue weighted by Crippen LogP contribution is 2.25. The summed E-state index contributed by atoms with van der Waals surface area (Å²) in [4.78, 5) is 15.4. The molecule has 2 N–H and O–H groups in total. The highest BCUT2D eigenvalue weighted by molar-refractivity contribution is 7.80. The van der Waals surface area contributed by atoms with Gasteiger partial charge in [0, 0.05) is 6.54 Å². The fourth-order valence-electron chi connectivity index (χ4n) is 2.32. The van der Waals surface area contributed by atoms with E-state index in [1.54, 1.807) is 4.90 Å². The maximum atomic E-state index is 12.6. The minimum absolute atomic E-state index is 0.0313. The number of rotatable bonds is 3. The van der Waals surface area contributed by atoms with E-state index in [0.717, 1.165) is 36.5 Å². The molecule has 1 aliphatic heterocycles. The van der Waals surface area contributed by atoms with Crippen molar-refractivity contribution in [1.29, 1.82) is 0 Å². The van der Waals surface area contributed by atoms with Crippen molar-refractivity contribution in [2.45, 2.75) is 45.1 Å². The zero-order valence-electron chi connectivity index (χ0n) is 11.1. The summed E-state index contributed by atoms with van der Waals surface area (Å²) in [6.45, 7) is 4.72. The molecule has 1 aliphatic rings. The molecule has 1 amide bonds. The van der Waals surface area contributed by atoms with E-state index in [4.69, 9.17) is 18.0 Å². The maximum Gasteiger partial charge on any atom is 0.268 e. The Morgan fingerprint density at radius 1 is 1.53 bits per heavy atom. The van der Waals surface area contributed by atoms with Crippen molar-refractivity contribution in [3.63, 3.8) is 0 Å². The number of hydrogen-bond acceptors (Lipinski definition) is 5. The Bertz CT molecular complexity index is 486. The van der Waals surface area contributed by atoms with E-state index in [2.05, 4.69) is 9.59 Å². The summed E-state index contributed by atoms with van der Waals surface area (Å²) >= 11 is 6.24. The Hall–Kier alpha value is -1.08. The van der Waals surface area contributed by atoms with Crippen LogP contribution in [0, 0.1) is 0 Å². The number of thiocarbonyl (C=S) groups is 1. The molecule has 1 fully saturated rings. The van der Waals surface area contributed by atoms with Crippen molar-refractivity contribution in [3.8, 4) is 0 Å². The highest BCUT2D eigenvalue weighted by atomic mass is 32.1. The molecular formula is C12H18N4OS2. The number of hydrogen-bond donors (Lipinski definition) is 1. The standard InChI is InChI=1S/C12H18N4OS2/c1-7(2)9-10(19-15-14-9)12(17)16-6-4-3-5-8(16)11(13)18/h7-8H,3-6H2,1-2H3,(H2,13,18). The minimum Gasteiger partial charge on any atom is -0.392 e. The smallest absolute Gasteiger partial charge is 0.268 e. The number of carbonyl (C=O) groups excluding carboxylic acids is 1. The lowest BCUT2D eigenvalue weighted by Crippen LogP contribution is -2.49. The molecule has 0 aromatic carbocycles. The van der Waals surface area contributed by atoms with E-state index in [9.17, 15) is 4.79 Å². The zero-order valence-corrected chi connectivity index (χ0v) is 12.8. The summed E-state index contributed by atoms with van der Waals surface area (Å²) in [5.41, 5.74) is 6.52. The molecule has 19 heavy (non-hydrogen) atoms. The van der Waals surface area contributed by atoms with Crippen molar-refractivity contribution in [2.24, 2.45) is 5.73 Å². The molecular weight excluding hydrogens is 280 g/mol. The Morgan fingerprint density at radius 3 is 2.89 bits per heavy atom. The second-order valence-electron chi connectivity index (χ2n) is 5.05. The summed E-state index contributed by atoms with van der Waals surface area (Å²) < 4.78 is 3.91. The summed E-state index contributed by atoms with van der Waals surface area (Å²) in [6, 6.07) is -0.127. The van der Waals surface area contributed by atoms with Crippen LogP contribution < -0.4 is 5.73 Å². The molecule has 0 saturated carbocycles. The van der Waals surface area contributed by atoms with E-state index in [1.807, 2.05) is 13.8 Å². The van der Waals surface area contributed by atoms with Crippen LogP contribution in [0.15, 0.2) is 0 Å². The molecule has 1 aromatic heterocycles. The molecule has 2 heterocycles. The van der Waals surface area contributed by atoms with Crippen LogP contribution >= 0.6 is 23.8 Å². The van der Waals surface area contributed by atoms with Crippen molar-refractivity contribution in [2.75, 3.05) is 6.54 Å². The van der Waals surface area contributed by atoms with Gasteiger partial charge in [-0.25, -0.2) is 0 Å². The molecule has 1 aromatic rings. The number of likely N-dealkylation sites (tertiary alicyclic amines) is 1. The predicted octanol–water partition coefficient (Wildman–Crippen LogP) is 1.94. The summed E-state index contributed by atoms with van der Waals surface area (Å²) in [5.74, 6) is 0.155. The topological polar surface area (TPSA) is 72.1 Å². The van der Waals surface area contributed by atoms with Gasteiger partial charge in [0.2, 0.25) is 0 Å². The van der Waals surface area contributed by atoms with Gasteiger partial charge in [0.15, 0.2) is 0 Å². The normalized spacial score (nSPS) is 19.7. The molecule has 1 atom stereocenters. The van der Waals surface area contributed by atoms with Gasteiger partial charge in [0.05, 0.1) is 16.7 Å². The molecule has 7 heteroatoms. The van der Waals surface area contributed by atoms with Crippen LogP contribution in [0.5, 0.6) is 0 Å². The number of aromatic nitrogens is 2. The van der Waals surface area contributed by atoms with Crippen LogP contribution in [0.25, 0.3) is 0 Å². The number of piperidine rings is 1. The first-order valence-corrected chi connectivity index (χ1v) is 7.63. The van der Waals surface area contributed by atoms with Crippen LogP contribution in [0.3, 0.4) is 0 Å². The predicted molar refractivity (Wildman–Crippen MR) is 79.5 cm³/mol. The first-order chi connectivity index (χ1) is 9.02. The third kappa shape index (κ3) is 2.92. The lowest BCUT2D eigenvalue weighted by Gasteiger charge is -2.34. The Balaban J connectivity index is 2.26. The van der Waals surface area contributed by atoms with Crippen LogP contribution in [0.4, 0.5) is 0 Å². The Labute approximate surface area is 122 Å². The third-order valence-corrected chi connectivity index (χ3v) is 4.35. The Morgan fingerprint density at radius 2 is 2.26 bits per heavy atom. The van der Waals surface area contributed by atoms with Gasteiger partial charge in [-0.15, -0.1) is 5.10 Å². The Kier molecular flexibility index (Phi) is 4.46. The van der Waals surface area contributed by atoms with Gasteiger partial charge in [0.1, 0.15) is 4.88 Å². The van der Waals surface area contributed by atoms with Crippen LogP contribution in [-0.2, 0) is 0 Å². The van der Waals surface area contributed by atoms with Gasteiger partial charge in [-0.3, -0.25) is 4.79 Å². The fourth-order valence-corrected chi connectivity index (χ4v) is 3.35. The third-order valence-electron chi connectivity index (χ3n) is 3.35. The molecule has 0 radical (unpaired) electrons. The van der Waals surface area contributed by atoms with Crippen LogP contribution in [-0.4, -0.2) is 38.0 Å². The second kappa shape index (κ2) is 5.92. The first-order valence-electron chi connectivity index (χ1n) is 6.45. The van der Waals surface area contributed by atoms with Crippen molar-refractivity contribution in [1.82, 2.24) is 14.5 Å². The van der Waals surface area contributed by atoms with E-state index in [1.165, 1.54) is 0 Å². The van der Waals surface area contributed by atoms with E-state index < -0.39 is 0 Å². The molecule has 104 valence electrons. The molecule has 1 saturated heterocycles. The van der Waals surface area contributed by atoms with Crippen LogP contribution in [0.1, 0.15) is 54.4 Å². The maximum absolute atomic E-state index is 12.6. The molecule has 1 unspecified atom stereocenters. The van der Waals surface area contributed by atoms with Gasteiger partial charge in [-0.2, -0.15) is 0 Å². The average molecular weight is 298 g/mol. The number of nitrogens with two attached hydrogens (primary N) is 1. The SMILES string of the molecule is CC(C)c1nnsc1C(=O)N1CCCCC1C(N)=S. The fraction of sp³-hybridized carbons (Fsp3) is 0.667. The van der Waals surface area contributed by atoms with Crippen molar-refractivity contribution < 1.29 is 4.79 Å². The van der Waals surface area contributed by atoms with Gasteiger partial charge in [-0.05, 0) is 36.7 Å². The van der Waals surface area contributed by atoms with Gasteiger partial charge in [-0.1, -0.05) is 30.6 Å². The number of carbonyl (C=O) groups is 1. The van der Waals surface area contributed by atoms with Crippen LogP contribution in [0.2, 0.25) is 0 Å². The minimum atomic E-state index is -0.127. The summed E-state index contributed by atoms with van der Waals surface area (Å²) in [7, 11) is 0. The average Bonchev–Trinajstić information content (AvgIpc) is 2.87. The molecule has 0 aliphatic carbocycles. The lowest BCUT2D eigenvalue weighted by atomic mass is 10.0. The molecule has 0 spiro atoms. The van der Waals surface area contributed by atoms with Gasteiger partial charge >= 0.3 is 0 Å². The van der Waals surface area contributed by atoms with E-state index in [-0.39, 0.29) is 17.9 Å². The lowest BCUT2D eigenvalue weighted by molar-refractivity contribution is 0.0684. The number of amides is 1. The largest absolute Gasteiger partial charge is 0.392 e. The quantitative estimate of drug-likeness (QED) is 0.863. The van der Waals surface area contributed by atoms with Crippen molar-refractivity contribution >= 4 is 34.6 Å². The zero-order chi connectivity index (χ0) is 14.0. The monoisotopic (exact) mass is 298 g/mol. The number of nitrogens with zero attached hydrogens (tertiary/aromatic N) is 3.